The minimum atomic E-state index is -0.981. The number of carbonyl (C=O) groups is 3. The molecule has 0 heterocycles. The number of thiol groups is 1. The summed E-state index contributed by atoms with van der Waals surface area (Å²) in [6, 6.07) is 11.3. The van der Waals surface area contributed by atoms with Crippen molar-refractivity contribution in [1.82, 2.24) is 0 Å². The third-order valence-electron chi connectivity index (χ3n) is 4.58. The van der Waals surface area contributed by atoms with E-state index in [1.165, 1.54) is 13.0 Å². The van der Waals surface area contributed by atoms with Crippen LogP contribution in [0.3, 0.4) is 0 Å². The van der Waals surface area contributed by atoms with Crippen molar-refractivity contribution in [3.63, 3.8) is 0 Å². The Bertz CT molecular complexity index is 968. The number of phenols is 1. The molecule has 0 aliphatic carbocycles. The summed E-state index contributed by atoms with van der Waals surface area (Å²) in [6.07, 6.45) is -2.22. The Morgan fingerprint density at radius 2 is 1.85 bits per heavy atom. The summed E-state index contributed by atoms with van der Waals surface area (Å²) in [4.78, 5) is 35.6. The lowest BCUT2D eigenvalue weighted by molar-refractivity contribution is -0.142. The number of halogens is 1. The Balaban J connectivity index is 2.24. The molecule has 0 saturated heterocycles. The largest absolute Gasteiger partial charge is 0.508 e. The van der Waals surface area contributed by atoms with Crippen molar-refractivity contribution in [2.45, 2.75) is 32.5 Å². The van der Waals surface area contributed by atoms with Gasteiger partial charge in [-0.1, -0.05) is 0 Å². The maximum atomic E-state index is 12.7. The molecule has 178 valence electrons. The number of Topliss-reactive ketones (excluding diaryl/α,β-unsaturated/α-hetero) is 1. The van der Waals surface area contributed by atoms with E-state index in [9.17, 15) is 19.5 Å². The maximum Gasteiger partial charge on any atom is 0.412 e. The fourth-order valence-corrected chi connectivity index (χ4v) is 3.62. The first-order chi connectivity index (χ1) is 15.7. The molecule has 2 aromatic rings. The van der Waals surface area contributed by atoms with Gasteiger partial charge in [-0.3, -0.25) is 14.9 Å². The number of benzene rings is 2. The Morgan fingerprint density at radius 1 is 1.15 bits per heavy atom. The molecule has 33 heavy (non-hydrogen) atoms. The fraction of sp³-hybridized carbons (Fsp3) is 0.348. The van der Waals surface area contributed by atoms with Gasteiger partial charge in [-0.15, -0.1) is 0 Å². The highest BCUT2D eigenvalue weighted by molar-refractivity contribution is 14.1. The number of hydrogen-bond donors (Lipinski definition) is 3. The summed E-state index contributed by atoms with van der Waals surface area (Å²) in [7, 11) is 0. The van der Waals surface area contributed by atoms with Crippen molar-refractivity contribution >= 4 is 58.8 Å². The van der Waals surface area contributed by atoms with Crippen molar-refractivity contribution < 1.29 is 33.7 Å². The Labute approximate surface area is 211 Å². The predicted octanol–water partition coefficient (Wildman–Crippen LogP) is 4.76. The molecule has 0 spiro atoms. The first-order valence-corrected chi connectivity index (χ1v) is 11.9. The average Bonchev–Trinajstić information content (AvgIpc) is 2.79. The molecule has 8 nitrogen and oxygen atoms in total. The molecule has 10 heteroatoms. The summed E-state index contributed by atoms with van der Waals surface area (Å²) in [6.45, 7) is 3.58. The van der Waals surface area contributed by atoms with E-state index in [0.29, 0.717) is 23.4 Å². The number of ether oxygens (including phenoxy) is 3. The number of anilines is 1. The van der Waals surface area contributed by atoms with Crippen LogP contribution in [0.5, 0.6) is 5.75 Å². The molecule has 0 aliphatic rings. The number of esters is 1. The van der Waals surface area contributed by atoms with Crippen LogP contribution >= 0.6 is 35.2 Å². The predicted molar refractivity (Wildman–Crippen MR) is 135 cm³/mol. The molecule has 0 aliphatic heterocycles. The molecule has 0 bridgehead atoms. The summed E-state index contributed by atoms with van der Waals surface area (Å²) >= 11 is 5.97. The van der Waals surface area contributed by atoms with E-state index in [1.807, 2.05) is 0 Å². The van der Waals surface area contributed by atoms with Crippen molar-refractivity contribution in [2.75, 3.05) is 24.3 Å². The standard InChI is InChI=1S/C23H26INO7S/c1-3-30-20(10-11-31-21(28)13-33)22(18-12-16(24)6-9-19(18)27)32-23(29)25-17-7-4-15(5-8-17)14(2)26/h4-9,12,20,22,27,33H,3,10-11,13H2,1-2H3,(H,25,29)/t20-,22-/m0/s1. The van der Waals surface area contributed by atoms with Crippen molar-refractivity contribution in [2.24, 2.45) is 0 Å². The van der Waals surface area contributed by atoms with Crippen molar-refractivity contribution in [3.8, 4) is 5.75 Å². The van der Waals surface area contributed by atoms with Gasteiger partial charge in [0.05, 0.1) is 12.4 Å². The zero-order valence-electron chi connectivity index (χ0n) is 18.2. The zero-order valence-corrected chi connectivity index (χ0v) is 21.3. The van der Waals surface area contributed by atoms with Gasteiger partial charge in [-0.2, -0.15) is 12.6 Å². The molecule has 1 amide bonds. The number of nitrogens with one attached hydrogen (secondary N) is 1. The topological polar surface area (TPSA) is 111 Å². The van der Waals surface area contributed by atoms with Crippen LogP contribution in [-0.4, -0.2) is 48.0 Å². The van der Waals surface area contributed by atoms with Crippen LogP contribution in [0.1, 0.15) is 42.3 Å². The molecular formula is C23H26INO7S. The van der Waals surface area contributed by atoms with Crippen LogP contribution in [0.15, 0.2) is 42.5 Å². The normalized spacial score (nSPS) is 12.5. The number of aromatic hydroxyl groups is 1. The number of hydrogen-bond acceptors (Lipinski definition) is 8. The fourth-order valence-electron chi connectivity index (χ4n) is 3.01. The van der Waals surface area contributed by atoms with E-state index >= 15 is 0 Å². The summed E-state index contributed by atoms with van der Waals surface area (Å²) in [5, 5.41) is 13.1. The quantitative estimate of drug-likeness (QED) is 0.151. The molecule has 0 saturated carbocycles. The van der Waals surface area contributed by atoms with Crippen LogP contribution in [0, 0.1) is 3.57 Å². The van der Waals surface area contributed by atoms with Gasteiger partial charge in [0.2, 0.25) is 0 Å². The average molecular weight is 587 g/mol. The van der Waals surface area contributed by atoms with Gasteiger partial charge in [0.1, 0.15) is 11.9 Å². The third-order valence-corrected chi connectivity index (χ3v) is 5.51. The van der Waals surface area contributed by atoms with E-state index in [4.69, 9.17) is 14.2 Å². The van der Waals surface area contributed by atoms with Gasteiger partial charge in [0.25, 0.3) is 0 Å². The highest BCUT2D eigenvalue weighted by Gasteiger charge is 2.30. The Hall–Kier alpha value is -2.31. The van der Waals surface area contributed by atoms with Gasteiger partial charge in [-0.25, -0.2) is 4.79 Å². The smallest absolute Gasteiger partial charge is 0.412 e. The molecule has 2 aromatic carbocycles. The van der Waals surface area contributed by atoms with Gasteiger partial charge in [0, 0.05) is 33.4 Å². The molecule has 2 N–H and O–H groups in total. The van der Waals surface area contributed by atoms with Gasteiger partial charge < -0.3 is 19.3 Å². The van der Waals surface area contributed by atoms with E-state index < -0.39 is 24.3 Å². The molecule has 2 atom stereocenters. The SMILES string of the molecule is CCO[C@@H](CCOC(=O)CS)[C@@H](OC(=O)Nc1ccc(C(C)=O)cc1)c1cc(I)ccc1O. The zero-order chi connectivity index (χ0) is 24.4. The lowest BCUT2D eigenvalue weighted by atomic mass is 10.0. The number of rotatable bonds is 11. The monoisotopic (exact) mass is 587 g/mol. The number of ketones is 1. The lowest BCUT2D eigenvalue weighted by Crippen LogP contribution is -2.30. The van der Waals surface area contributed by atoms with Crippen LogP contribution in [0.4, 0.5) is 10.5 Å². The molecule has 0 aromatic heterocycles. The van der Waals surface area contributed by atoms with Crippen LogP contribution in [0.25, 0.3) is 0 Å². The molecular weight excluding hydrogens is 561 g/mol. The minimum Gasteiger partial charge on any atom is -0.508 e. The summed E-state index contributed by atoms with van der Waals surface area (Å²) in [5.74, 6) is -0.677. The summed E-state index contributed by atoms with van der Waals surface area (Å²) in [5.41, 5.74) is 1.32. The van der Waals surface area contributed by atoms with Crippen molar-refractivity contribution in [3.05, 3.63) is 57.2 Å². The van der Waals surface area contributed by atoms with Crippen LogP contribution in [0.2, 0.25) is 0 Å². The second kappa shape index (κ2) is 13.4. The third kappa shape index (κ3) is 8.52. The van der Waals surface area contributed by atoms with Gasteiger partial charge in [0.15, 0.2) is 11.9 Å². The van der Waals surface area contributed by atoms with E-state index in [1.54, 1.807) is 43.3 Å². The first kappa shape index (κ1) is 26.9. The number of amides is 1. The molecule has 0 fully saturated rings. The number of carbonyl (C=O) groups excluding carboxylic acids is 3. The molecule has 0 unspecified atom stereocenters. The highest BCUT2D eigenvalue weighted by atomic mass is 127. The first-order valence-electron chi connectivity index (χ1n) is 10.2. The highest BCUT2D eigenvalue weighted by Crippen LogP contribution is 2.34. The van der Waals surface area contributed by atoms with Gasteiger partial charge >= 0.3 is 12.1 Å². The van der Waals surface area contributed by atoms with Crippen molar-refractivity contribution in [1.29, 1.82) is 0 Å². The van der Waals surface area contributed by atoms with E-state index in [-0.39, 0.29) is 30.3 Å². The number of phenolic OH excluding ortho intramolecular Hbond substituents is 1. The molecule has 2 rings (SSSR count). The summed E-state index contributed by atoms with van der Waals surface area (Å²) < 4.78 is 17.4. The molecule has 0 radical (unpaired) electrons. The second-order valence-electron chi connectivity index (χ2n) is 6.95. The van der Waals surface area contributed by atoms with Crippen LogP contribution in [-0.2, 0) is 19.0 Å². The van der Waals surface area contributed by atoms with Gasteiger partial charge in [-0.05, 0) is 78.9 Å². The minimum absolute atomic E-state index is 0.0305. The Morgan fingerprint density at radius 3 is 2.45 bits per heavy atom. The maximum absolute atomic E-state index is 12.7. The second-order valence-corrected chi connectivity index (χ2v) is 8.51. The van der Waals surface area contributed by atoms with E-state index in [0.717, 1.165) is 3.57 Å². The lowest BCUT2D eigenvalue weighted by Gasteiger charge is -2.28. The van der Waals surface area contributed by atoms with E-state index in [2.05, 4.69) is 40.5 Å². The van der Waals surface area contributed by atoms with Crippen LogP contribution < -0.4 is 5.32 Å². The Kier molecular flexibility index (Phi) is 10.9.